The predicted molar refractivity (Wildman–Crippen MR) is 91.8 cm³/mol. The van der Waals surface area contributed by atoms with Crippen LogP contribution in [0.15, 0.2) is 36.5 Å². The van der Waals surface area contributed by atoms with Gasteiger partial charge in [0.05, 0.1) is 11.6 Å². The van der Waals surface area contributed by atoms with E-state index in [2.05, 4.69) is 32.2 Å². The Labute approximate surface area is 138 Å². The Kier molecular flexibility index (Phi) is 3.71. The molecule has 1 aliphatic rings. The highest BCUT2D eigenvalue weighted by molar-refractivity contribution is 7.15. The molecular weight excluding hydrogens is 308 g/mol. The number of hydrogen-bond acceptors (Lipinski definition) is 6. The molecule has 1 aromatic carbocycles. The lowest BCUT2D eigenvalue weighted by atomic mass is 9.94. The third-order valence-electron chi connectivity index (χ3n) is 4.41. The van der Waals surface area contributed by atoms with Crippen molar-refractivity contribution in [2.24, 2.45) is 5.92 Å². The first-order valence-electron chi connectivity index (χ1n) is 7.76. The lowest BCUT2D eigenvalue weighted by Gasteiger charge is -2.15. The molecule has 4 rings (SSSR count). The van der Waals surface area contributed by atoms with Gasteiger partial charge in [0.15, 0.2) is 0 Å². The van der Waals surface area contributed by atoms with Gasteiger partial charge in [-0.15, -0.1) is 10.2 Å². The predicted octanol–water partition coefficient (Wildman–Crippen LogP) is 2.43. The Bertz CT molecular complexity index is 829. The summed E-state index contributed by atoms with van der Waals surface area (Å²) in [5, 5.41) is 21.8. The number of anilines is 1. The Balaban J connectivity index is 1.56. The summed E-state index contributed by atoms with van der Waals surface area (Å²) in [5.74, 6) is 0.199. The van der Waals surface area contributed by atoms with Crippen LogP contribution in [0.1, 0.15) is 10.6 Å². The molecule has 1 fully saturated rings. The molecule has 0 bridgehead atoms. The number of β-amino-alcohol motifs (C(OH)–C–C–N with tert-alkyl or cyclic N) is 1. The minimum absolute atomic E-state index is 0.199. The van der Waals surface area contributed by atoms with Crippen LogP contribution in [-0.2, 0) is 6.42 Å². The third-order valence-corrected chi connectivity index (χ3v) is 5.31. The smallest absolute Gasteiger partial charge is 0.208 e. The molecule has 3 heterocycles. The normalized spacial score (nSPS) is 21.2. The van der Waals surface area contributed by atoms with E-state index in [0.717, 1.165) is 28.6 Å². The van der Waals surface area contributed by atoms with E-state index in [1.54, 1.807) is 11.3 Å². The first-order valence-corrected chi connectivity index (χ1v) is 8.58. The highest BCUT2D eigenvalue weighted by Crippen LogP contribution is 2.30. The molecule has 0 amide bonds. The van der Waals surface area contributed by atoms with Crippen molar-refractivity contribution in [3.05, 3.63) is 47.1 Å². The Hall–Kier alpha value is -2.05. The van der Waals surface area contributed by atoms with Gasteiger partial charge in [0.1, 0.15) is 5.01 Å². The topological polar surface area (TPSA) is 62.1 Å². The Morgan fingerprint density at radius 2 is 2.09 bits per heavy atom. The van der Waals surface area contributed by atoms with Gasteiger partial charge >= 0.3 is 0 Å². The van der Waals surface area contributed by atoms with Crippen molar-refractivity contribution in [3.8, 4) is 0 Å². The monoisotopic (exact) mass is 326 g/mol. The zero-order chi connectivity index (χ0) is 15.8. The number of aryl methyl sites for hydroxylation is 1. The van der Waals surface area contributed by atoms with Gasteiger partial charge in [-0.05, 0) is 31.0 Å². The summed E-state index contributed by atoms with van der Waals surface area (Å²) in [6.07, 6.45) is 2.36. The molecule has 23 heavy (non-hydrogen) atoms. The van der Waals surface area contributed by atoms with Crippen LogP contribution in [0.2, 0.25) is 0 Å². The van der Waals surface area contributed by atoms with E-state index in [-0.39, 0.29) is 12.0 Å². The van der Waals surface area contributed by atoms with Gasteiger partial charge in [-0.2, -0.15) is 0 Å². The van der Waals surface area contributed by atoms with Crippen molar-refractivity contribution in [1.29, 1.82) is 0 Å². The standard InChI is InChI=1S/C17H18N4OS/c1-11-19-20-17(23-11)21-9-13(16(22)10-21)8-12-6-7-18-15-5-3-2-4-14(12)15/h2-7,13,16,22H,8-10H2,1H3/t13-,16-/m1/s1. The van der Waals surface area contributed by atoms with Crippen molar-refractivity contribution in [1.82, 2.24) is 15.2 Å². The molecule has 0 radical (unpaired) electrons. The van der Waals surface area contributed by atoms with E-state index in [4.69, 9.17) is 0 Å². The third kappa shape index (κ3) is 2.80. The lowest BCUT2D eigenvalue weighted by Crippen LogP contribution is -2.20. The zero-order valence-corrected chi connectivity index (χ0v) is 13.7. The number of aliphatic hydroxyl groups is 1. The maximum atomic E-state index is 10.5. The number of fused-ring (bicyclic) bond motifs is 1. The fraction of sp³-hybridized carbons (Fsp3) is 0.353. The molecule has 0 spiro atoms. The van der Waals surface area contributed by atoms with E-state index in [1.807, 2.05) is 31.3 Å². The summed E-state index contributed by atoms with van der Waals surface area (Å²) >= 11 is 1.58. The van der Waals surface area contributed by atoms with Crippen LogP contribution in [0.5, 0.6) is 0 Å². The van der Waals surface area contributed by atoms with Gasteiger partial charge in [-0.1, -0.05) is 29.5 Å². The van der Waals surface area contributed by atoms with Crippen molar-refractivity contribution < 1.29 is 5.11 Å². The second-order valence-electron chi connectivity index (χ2n) is 6.03. The molecule has 0 saturated carbocycles. The number of hydrogen-bond donors (Lipinski definition) is 1. The average Bonchev–Trinajstić information content (AvgIpc) is 3.14. The van der Waals surface area contributed by atoms with Crippen molar-refractivity contribution in [2.45, 2.75) is 19.4 Å². The van der Waals surface area contributed by atoms with Gasteiger partial charge < -0.3 is 10.0 Å². The van der Waals surface area contributed by atoms with Crippen LogP contribution >= 0.6 is 11.3 Å². The van der Waals surface area contributed by atoms with Gasteiger partial charge in [-0.3, -0.25) is 4.98 Å². The number of benzene rings is 1. The van der Waals surface area contributed by atoms with Crippen molar-refractivity contribution in [2.75, 3.05) is 18.0 Å². The highest BCUT2D eigenvalue weighted by Gasteiger charge is 2.33. The SMILES string of the molecule is Cc1nnc(N2C[C@@H](Cc3ccnc4ccccc34)[C@H](O)C2)s1. The quantitative estimate of drug-likeness (QED) is 0.801. The first kappa shape index (κ1) is 14.5. The number of aromatic nitrogens is 3. The van der Waals surface area contributed by atoms with Gasteiger partial charge in [0, 0.05) is 30.6 Å². The summed E-state index contributed by atoms with van der Waals surface area (Å²) in [6.45, 7) is 3.39. The minimum atomic E-state index is -0.342. The van der Waals surface area contributed by atoms with Gasteiger partial charge in [0.2, 0.25) is 5.13 Å². The molecule has 118 valence electrons. The highest BCUT2D eigenvalue weighted by atomic mass is 32.1. The summed E-state index contributed by atoms with van der Waals surface area (Å²) in [7, 11) is 0. The molecule has 5 nitrogen and oxygen atoms in total. The second-order valence-corrected chi connectivity index (χ2v) is 7.19. The largest absolute Gasteiger partial charge is 0.391 e. The molecule has 1 aliphatic heterocycles. The molecule has 0 unspecified atom stereocenters. The summed E-state index contributed by atoms with van der Waals surface area (Å²) in [4.78, 5) is 6.55. The molecule has 2 aromatic heterocycles. The lowest BCUT2D eigenvalue weighted by molar-refractivity contribution is 0.148. The number of pyridine rings is 1. The van der Waals surface area contributed by atoms with Crippen molar-refractivity contribution >= 4 is 27.4 Å². The van der Waals surface area contributed by atoms with Crippen LogP contribution in [-0.4, -0.2) is 39.5 Å². The van der Waals surface area contributed by atoms with E-state index in [9.17, 15) is 5.11 Å². The van der Waals surface area contributed by atoms with E-state index in [0.29, 0.717) is 6.54 Å². The number of aliphatic hydroxyl groups excluding tert-OH is 1. The summed E-state index contributed by atoms with van der Waals surface area (Å²) in [6, 6.07) is 10.2. The van der Waals surface area contributed by atoms with Crippen LogP contribution in [0.4, 0.5) is 5.13 Å². The van der Waals surface area contributed by atoms with E-state index >= 15 is 0 Å². The second kappa shape index (κ2) is 5.86. The summed E-state index contributed by atoms with van der Waals surface area (Å²) < 4.78 is 0. The van der Waals surface area contributed by atoms with E-state index < -0.39 is 0 Å². The van der Waals surface area contributed by atoms with Crippen molar-refractivity contribution in [3.63, 3.8) is 0 Å². The molecule has 2 atom stereocenters. The Morgan fingerprint density at radius 3 is 2.91 bits per heavy atom. The number of para-hydroxylation sites is 1. The molecule has 0 aliphatic carbocycles. The fourth-order valence-electron chi connectivity index (χ4n) is 3.24. The molecule has 3 aromatic rings. The van der Waals surface area contributed by atoms with Crippen LogP contribution in [0.3, 0.4) is 0 Å². The van der Waals surface area contributed by atoms with Crippen LogP contribution in [0, 0.1) is 12.8 Å². The number of nitrogens with zero attached hydrogens (tertiary/aromatic N) is 4. The molecule has 1 saturated heterocycles. The zero-order valence-electron chi connectivity index (χ0n) is 12.9. The van der Waals surface area contributed by atoms with E-state index in [1.165, 1.54) is 10.9 Å². The molecule has 1 N–H and O–H groups in total. The average molecular weight is 326 g/mol. The first-order chi connectivity index (χ1) is 11.2. The van der Waals surface area contributed by atoms with Crippen LogP contribution < -0.4 is 4.90 Å². The van der Waals surface area contributed by atoms with Gasteiger partial charge in [-0.25, -0.2) is 0 Å². The number of rotatable bonds is 3. The minimum Gasteiger partial charge on any atom is -0.391 e. The van der Waals surface area contributed by atoms with Gasteiger partial charge in [0.25, 0.3) is 0 Å². The Morgan fingerprint density at radius 1 is 1.22 bits per heavy atom. The maximum absolute atomic E-state index is 10.5. The maximum Gasteiger partial charge on any atom is 0.208 e. The molecular formula is C17H18N4OS. The van der Waals surface area contributed by atoms with Crippen LogP contribution in [0.25, 0.3) is 10.9 Å². The fourth-order valence-corrected chi connectivity index (χ4v) is 3.95. The molecule has 6 heteroatoms. The summed E-state index contributed by atoms with van der Waals surface area (Å²) in [5.41, 5.74) is 2.25.